The van der Waals surface area contributed by atoms with Crippen LogP contribution >= 0.6 is 0 Å². The van der Waals surface area contributed by atoms with E-state index in [1.54, 1.807) is 6.92 Å². The summed E-state index contributed by atoms with van der Waals surface area (Å²) in [5, 5.41) is 0. The number of rotatable bonds is 8. The third-order valence-electron chi connectivity index (χ3n) is 1.96. The molecule has 0 fully saturated rings. The zero-order valence-corrected chi connectivity index (χ0v) is 9.91. The number of ether oxygens (including phenoxy) is 1. The zero-order valence-electron chi connectivity index (χ0n) is 9.91. The minimum Gasteiger partial charge on any atom is -0.466 e. The van der Waals surface area contributed by atoms with Gasteiger partial charge >= 0.3 is 5.97 Å². The van der Waals surface area contributed by atoms with Crippen molar-refractivity contribution >= 4 is 11.8 Å². The second-order valence-electron chi connectivity index (χ2n) is 3.58. The number of carbonyl (C=O) groups excluding carboxylic acids is 2. The Kier molecular flexibility index (Phi) is 7.91. The van der Waals surface area contributed by atoms with E-state index in [9.17, 15) is 9.59 Å². The van der Waals surface area contributed by atoms with Gasteiger partial charge in [0.15, 0.2) is 0 Å². The second-order valence-corrected chi connectivity index (χ2v) is 3.58. The third kappa shape index (κ3) is 8.12. The third-order valence-corrected chi connectivity index (χ3v) is 1.96. The van der Waals surface area contributed by atoms with Crippen molar-refractivity contribution < 1.29 is 14.3 Å². The van der Waals surface area contributed by atoms with Crippen molar-refractivity contribution in [2.75, 3.05) is 26.7 Å². The predicted molar refractivity (Wildman–Crippen MR) is 58.7 cm³/mol. The largest absolute Gasteiger partial charge is 0.466 e. The Morgan fingerprint density at radius 1 is 1.20 bits per heavy atom. The maximum Gasteiger partial charge on any atom is 0.306 e. The standard InChI is InChI=1S/C11H21NO3/c1-4-8-12(3)9-10(13)6-7-11(14)15-5-2/h4-9H2,1-3H3. The van der Waals surface area contributed by atoms with Crippen molar-refractivity contribution in [1.82, 2.24) is 4.90 Å². The van der Waals surface area contributed by atoms with E-state index >= 15 is 0 Å². The minimum absolute atomic E-state index is 0.0963. The summed E-state index contributed by atoms with van der Waals surface area (Å²) < 4.78 is 4.74. The molecule has 0 unspecified atom stereocenters. The SMILES string of the molecule is CCCN(C)CC(=O)CCC(=O)OCC. The minimum atomic E-state index is -0.288. The molecular formula is C11H21NO3. The van der Waals surface area contributed by atoms with Crippen molar-refractivity contribution in [2.24, 2.45) is 0 Å². The van der Waals surface area contributed by atoms with Crippen LogP contribution < -0.4 is 0 Å². The Balaban J connectivity index is 3.61. The molecule has 88 valence electrons. The van der Waals surface area contributed by atoms with Gasteiger partial charge in [-0.2, -0.15) is 0 Å². The number of likely N-dealkylation sites (N-methyl/N-ethyl adjacent to an activating group) is 1. The Morgan fingerprint density at radius 2 is 1.87 bits per heavy atom. The Hall–Kier alpha value is -0.900. The van der Waals surface area contributed by atoms with Crippen molar-refractivity contribution in [3.8, 4) is 0 Å². The molecule has 0 aromatic rings. The first-order valence-corrected chi connectivity index (χ1v) is 5.46. The van der Waals surface area contributed by atoms with Gasteiger partial charge in [0.2, 0.25) is 0 Å². The second kappa shape index (κ2) is 8.41. The maximum absolute atomic E-state index is 11.4. The van der Waals surface area contributed by atoms with Crippen LogP contribution in [0.25, 0.3) is 0 Å². The van der Waals surface area contributed by atoms with E-state index < -0.39 is 0 Å². The highest BCUT2D eigenvalue weighted by Gasteiger charge is 2.09. The summed E-state index contributed by atoms with van der Waals surface area (Å²) in [7, 11) is 1.91. The molecule has 4 nitrogen and oxygen atoms in total. The number of carbonyl (C=O) groups is 2. The van der Waals surface area contributed by atoms with Crippen molar-refractivity contribution in [1.29, 1.82) is 0 Å². The molecule has 0 saturated heterocycles. The molecule has 0 atom stereocenters. The van der Waals surface area contributed by atoms with Gasteiger partial charge < -0.3 is 4.74 Å². The average Bonchev–Trinajstić information content (AvgIpc) is 2.15. The Labute approximate surface area is 91.6 Å². The summed E-state index contributed by atoms with van der Waals surface area (Å²) in [5.41, 5.74) is 0. The van der Waals surface area contributed by atoms with E-state index in [0.29, 0.717) is 13.2 Å². The number of nitrogens with zero attached hydrogens (tertiary/aromatic N) is 1. The lowest BCUT2D eigenvalue weighted by molar-refractivity contribution is -0.144. The van der Waals surface area contributed by atoms with Crippen molar-refractivity contribution in [3.05, 3.63) is 0 Å². The molecule has 0 heterocycles. The molecule has 0 spiro atoms. The van der Waals surface area contributed by atoms with Crippen molar-refractivity contribution in [3.63, 3.8) is 0 Å². The van der Waals surface area contributed by atoms with Crippen LogP contribution in [0.15, 0.2) is 0 Å². The summed E-state index contributed by atoms with van der Waals surface area (Å²) in [6, 6.07) is 0. The highest BCUT2D eigenvalue weighted by atomic mass is 16.5. The monoisotopic (exact) mass is 215 g/mol. The van der Waals surface area contributed by atoms with Gasteiger partial charge in [-0.25, -0.2) is 0 Å². The van der Waals surface area contributed by atoms with Gasteiger partial charge in [0.05, 0.1) is 19.6 Å². The van der Waals surface area contributed by atoms with Gasteiger partial charge in [-0.05, 0) is 26.9 Å². The summed E-state index contributed by atoms with van der Waals surface area (Å²) in [6.45, 7) is 5.54. The van der Waals surface area contributed by atoms with Crippen LogP contribution in [-0.4, -0.2) is 43.4 Å². The molecule has 0 N–H and O–H groups in total. The van der Waals surface area contributed by atoms with Crippen LogP contribution in [0.4, 0.5) is 0 Å². The highest BCUT2D eigenvalue weighted by molar-refractivity contribution is 5.84. The van der Waals surface area contributed by atoms with E-state index in [2.05, 4.69) is 6.92 Å². The summed E-state index contributed by atoms with van der Waals surface area (Å²) in [6.07, 6.45) is 1.52. The fourth-order valence-electron chi connectivity index (χ4n) is 1.32. The van der Waals surface area contributed by atoms with Gasteiger partial charge in [0.1, 0.15) is 5.78 Å². The molecule has 0 aliphatic carbocycles. The van der Waals surface area contributed by atoms with Gasteiger partial charge in [-0.3, -0.25) is 14.5 Å². The first-order valence-electron chi connectivity index (χ1n) is 5.46. The highest BCUT2D eigenvalue weighted by Crippen LogP contribution is 1.96. The van der Waals surface area contributed by atoms with Crippen LogP contribution in [0.1, 0.15) is 33.1 Å². The van der Waals surface area contributed by atoms with Crippen molar-refractivity contribution in [2.45, 2.75) is 33.1 Å². The van der Waals surface area contributed by atoms with Crippen LogP contribution in [0.5, 0.6) is 0 Å². The molecular weight excluding hydrogens is 194 g/mol. The Bertz CT molecular complexity index is 204. The lowest BCUT2D eigenvalue weighted by atomic mass is 10.2. The molecule has 15 heavy (non-hydrogen) atoms. The smallest absolute Gasteiger partial charge is 0.306 e. The molecule has 0 bridgehead atoms. The normalized spacial score (nSPS) is 10.4. The van der Waals surface area contributed by atoms with Gasteiger partial charge in [0.25, 0.3) is 0 Å². The summed E-state index contributed by atoms with van der Waals surface area (Å²) >= 11 is 0. The van der Waals surface area contributed by atoms with Gasteiger partial charge in [-0.1, -0.05) is 6.92 Å². The molecule has 0 amide bonds. The molecule has 0 aliphatic rings. The fourth-order valence-corrected chi connectivity index (χ4v) is 1.32. The molecule has 0 aromatic carbocycles. The number of ketones is 1. The van der Waals surface area contributed by atoms with Gasteiger partial charge in [0, 0.05) is 6.42 Å². The topological polar surface area (TPSA) is 46.6 Å². The lowest BCUT2D eigenvalue weighted by Crippen LogP contribution is -2.27. The molecule has 0 aliphatic heterocycles. The number of hydrogen-bond acceptors (Lipinski definition) is 4. The first-order chi connectivity index (χ1) is 7.10. The zero-order chi connectivity index (χ0) is 11.7. The maximum atomic E-state index is 11.4. The van der Waals surface area contributed by atoms with E-state index in [1.807, 2.05) is 11.9 Å². The molecule has 0 saturated carbocycles. The summed E-state index contributed by atoms with van der Waals surface area (Å²) in [4.78, 5) is 24.3. The molecule has 0 aromatic heterocycles. The number of Topliss-reactive ketones (excluding diaryl/α,β-unsaturated/α-hetero) is 1. The molecule has 0 rings (SSSR count). The van der Waals surface area contributed by atoms with E-state index in [-0.39, 0.29) is 24.6 Å². The lowest BCUT2D eigenvalue weighted by Gasteiger charge is -2.13. The number of hydrogen-bond donors (Lipinski definition) is 0. The Morgan fingerprint density at radius 3 is 2.40 bits per heavy atom. The van der Waals surface area contributed by atoms with Gasteiger partial charge in [-0.15, -0.1) is 0 Å². The first kappa shape index (κ1) is 14.1. The van der Waals surface area contributed by atoms with E-state index in [4.69, 9.17) is 4.74 Å². The molecule has 4 heteroatoms. The van der Waals surface area contributed by atoms with Crippen LogP contribution in [-0.2, 0) is 14.3 Å². The van der Waals surface area contributed by atoms with E-state index in [1.165, 1.54) is 0 Å². The van der Waals surface area contributed by atoms with Crippen LogP contribution in [0, 0.1) is 0 Å². The van der Waals surface area contributed by atoms with E-state index in [0.717, 1.165) is 13.0 Å². The summed E-state index contributed by atoms with van der Waals surface area (Å²) in [5.74, 6) is -0.192. The predicted octanol–water partition coefficient (Wildman–Crippen LogP) is 1.24. The van der Waals surface area contributed by atoms with Crippen LogP contribution in [0.3, 0.4) is 0 Å². The average molecular weight is 215 g/mol. The molecule has 0 radical (unpaired) electrons. The quantitative estimate of drug-likeness (QED) is 0.571. The number of esters is 1. The fraction of sp³-hybridized carbons (Fsp3) is 0.818. The van der Waals surface area contributed by atoms with Crippen LogP contribution in [0.2, 0.25) is 0 Å².